The topological polar surface area (TPSA) is 144 Å². The number of aromatic nitrogens is 1. The predicted octanol–water partition coefficient (Wildman–Crippen LogP) is 2.75. The monoisotopic (exact) mass is 503 g/mol. The number of hydrogen-bond acceptors (Lipinski definition) is 5. The van der Waals surface area contributed by atoms with Gasteiger partial charge in [-0.05, 0) is 37.5 Å². The van der Waals surface area contributed by atoms with Crippen molar-refractivity contribution in [1.82, 2.24) is 20.9 Å². The van der Waals surface area contributed by atoms with Gasteiger partial charge in [0.1, 0.15) is 12.1 Å². The van der Waals surface area contributed by atoms with E-state index in [4.69, 9.17) is 5.41 Å². The number of hydrogen-bond donors (Lipinski definition) is 5. The Morgan fingerprint density at radius 1 is 0.946 bits per heavy atom. The summed E-state index contributed by atoms with van der Waals surface area (Å²) in [4.78, 5) is 53.6. The van der Waals surface area contributed by atoms with Crippen LogP contribution >= 0.6 is 0 Å². The average Bonchev–Trinajstić information content (AvgIpc) is 3.28. The molecule has 2 atom stereocenters. The SMILES string of the molecule is CC(=O)N[C@@H](Cc1c[nH]c2ccccc12)C(=O)N[C@@H](CCC(=O)C=N)C(=O)NC(C)(C)c1ccccc1. The largest absolute Gasteiger partial charge is 0.361 e. The van der Waals surface area contributed by atoms with Crippen LogP contribution in [0.3, 0.4) is 0 Å². The molecule has 0 saturated carbocycles. The smallest absolute Gasteiger partial charge is 0.243 e. The molecule has 1 aromatic heterocycles. The first-order valence-electron chi connectivity index (χ1n) is 12.1. The van der Waals surface area contributed by atoms with E-state index in [2.05, 4.69) is 20.9 Å². The normalized spacial score (nSPS) is 12.8. The molecule has 3 aromatic rings. The molecule has 1 heterocycles. The lowest BCUT2D eigenvalue weighted by atomic mass is 9.93. The third-order valence-electron chi connectivity index (χ3n) is 6.20. The molecule has 37 heavy (non-hydrogen) atoms. The van der Waals surface area contributed by atoms with Gasteiger partial charge in [0.05, 0.1) is 11.8 Å². The minimum absolute atomic E-state index is 0.0104. The second-order valence-electron chi connectivity index (χ2n) is 9.51. The molecule has 194 valence electrons. The maximum Gasteiger partial charge on any atom is 0.243 e. The zero-order valence-electron chi connectivity index (χ0n) is 21.3. The maximum atomic E-state index is 13.4. The summed E-state index contributed by atoms with van der Waals surface area (Å²) >= 11 is 0. The Labute approximate surface area is 215 Å². The summed E-state index contributed by atoms with van der Waals surface area (Å²) in [6.07, 6.45) is 2.63. The lowest BCUT2D eigenvalue weighted by molar-refractivity contribution is -0.132. The number of para-hydroxylation sites is 1. The van der Waals surface area contributed by atoms with E-state index in [-0.39, 0.29) is 25.2 Å². The van der Waals surface area contributed by atoms with Gasteiger partial charge in [-0.1, -0.05) is 48.5 Å². The first kappa shape index (κ1) is 27.3. The quantitative estimate of drug-likeness (QED) is 0.242. The fourth-order valence-corrected chi connectivity index (χ4v) is 4.20. The Bertz CT molecular complexity index is 1280. The number of ketones is 1. The van der Waals surface area contributed by atoms with E-state index in [0.717, 1.165) is 22.0 Å². The van der Waals surface area contributed by atoms with Crippen LogP contribution < -0.4 is 16.0 Å². The molecule has 0 unspecified atom stereocenters. The fourth-order valence-electron chi connectivity index (χ4n) is 4.20. The Hall–Kier alpha value is -4.27. The molecule has 2 aromatic carbocycles. The van der Waals surface area contributed by atoms with Gasteiger partial charge < -0.3 is 26.3 Å². The van der Waals surface area contributed by atoms with Crippen molar-refractivity contribution in [3.8, 4) is 0 Å². The summed E-state index contributed by atoms with van der Waals surface area (Å²) in [5, 5.41) is 16.5. The molecule has 3 amide bonds. The van der Waals surface area contributed by atoms with Gasteiger partial charge in [-0.25, -0.2) is 0 Å². The van der Waals surface area contributed by atoms with Gasteiger partial charge in [-0.2, -0.15) is 0 Å². The Kier molecular flexibility index (Phi) is 8.95. The number of fused-ring (bicyclic) bond motifs is 1. The number of H-pyrrole nitrogens is 1. The van der Waals surface area contributed by atoms with E-state index < -0.39 is 35.2 Å². The van der Waals surface area contributed by atoms with Crippen LogP contribution in [0.2, 0.25) is 0 Å². The molecule has 0 aliphatic carbocycles. The summed E-state index contributed by atoms with van der Waals surface area (Å²) in [5.74, 6) is -1.84. The molecule has 5 N–H and O–H groups in total. The van der Waals surface area contributed by atoms with Gasteiger partial charge in [0, 0.05) is 36.9 Å². The molecular formula is C28H33N5O4. The van der Waals surface area contributed by atoms with Gasteiger partial charge in [0.2, 0.25) is 17.7 Å². The van der Waals surface area contributed by atoms with Crippen LogP contribution in [0.4, 0.5) is 0 Å². The zero-order chi connectivity index (χ0) is 27.0. The van der Waals surface area contributed by atoms with Crippen LogP contribution in [-0.2, 0) is 31.1 Å². The summed E-state index contributed by atoms with van der Waals surface area (Å²) in [5.41, 5.74) is 1.88. The number of aromatic amines is 1. The van der Waals surface area contributed by atoms with E-state index in [1.807, 2.05) is 68.4 Å². The highest BCUT2D eigenvalue weighted by molar-refractivity contribution is 6.26. The van der Waals surface area contributed by atoms with Crippen molar-refractivity contribution in [2.75, 3.05) is 0 Å². The van der Waals surface area contributed by atoms with E-state index in [1.165, 1.54) is 6.92 Å². The second kappa shape index (κ2) is 12.1. The Morgan fingerprint density at radius 2 is 1.62 bits per heavy atom. The predicted molar refractivity (Wildman–Crippen MR) is 142 cm³/mol. The number of carbonyl (C=O) groups excluding carboxylic acids is 4. The summed E-state index contributed by atoms with van der Waals surface area (Å²) in [6.45, 7) is 5.02. The molecule has 0 fully saturated rings. The van der Waals surface area contributed by atoms with Crippen molar-refractivity contribution in [3.63, 3.8) is 0 Å². The lowest BCUT2D eigenvalue weighted by Gasteiger charge is -2.30. The van der Waals surface area contributed by atoms with Gasteiger partial charge in [-0.15, -0.1) is 0 Å². The molecule has 0 aliphatic heterocycles. The molecule has 0 saturated heterocycles. The number of carbonyl (C=O) groups is 4. The van der Waals surface area contributed by atoms with E-state index in [0.29, 0.717) is 6.21 Å². The number of Topliss-reactive ketones (excluding diaryl/α,β-unsaturated/α-hetero) is 1. The van der Waals surface area contributed by atoms with E-state index in [9.17, 15) is 19.2 Å². The summed E-state index contributed by atoms with van der Waals surface area (Å²) in [7, 11) is 0. The van der Waals surface area contributed by atoms with Crippen LogP contribution in [0.25, 0.3) is 10.9 Å². The minimum atomic E-state index is -1.04. The van der Waals surface area contributed by atoms with Crippen molar-refractivity contribution in [3.05, 3.63) is 71.9 Å². The third kappa shape index (κ3) is 7.36. The van der Waals surface area contributed by atoms with Crippen LogP contribution in [0.15, 0.2) is 60.8 Å². The molecule has 0 spiro atoms. The first-order valence-corrected chi connectivity index (χ1v) is 12.1. The average molecular weight is 504 g/mol. The number of amides is 3. The number of nitrogens with one attached hydrogen (secondary N) is 5. The van der Waals surface area contributed by atoms with Crippen molar-refractivity contribution >= 4 is 40.6 Å². The third-order valence-corrected chi connectivity index (χ3v) is 6.20. The van der Waals surface area contributed by atoms with Crippen LogP contribution in [0.1, 0.15) is 44.7 Å². The van der Waals surface area contributed by atoms with Crippen LogP contribution in [0.5, 0.6) is 0 Å². The van der Waals surface area contributed by atoms with Crippen molar-refractivity contribution < 1.29 is 19.2 Å². The van der Waals surface area contributed by atoms with Crippen LogP contribution in [0, 0.1) is 5.41 Å². The molecule has 9 nitrogen and oxygen atoms in total. The summed E-state index contributed by atoms with van der Waals surface area (Å²) in [6, 6.07) is 15.0. The highest BCUT2D eigenvalue weighted by atomic mass is 16.2. The highest BCUT2D eigenvalue weighted by Gasteiger charge is 2.31. The minimum Gasteiger partial charge on any atom is -0.361 e. The molecule has 3 rings (SSSR count). The van der Waals surface area contributed by atoms with Crippen molar-refractivity contribution in [2.45, 2.75) is 57.7 Å². The Morgan fingerprint density at radius 3 is 2.30 bits per heavy atom. The molecule has 0 aliphatic rings. The molecular weight excluding hydrogens is 470 g/mol. The fraction of sp³-hybridized carbons (Fsp3) is 0.321. The van der Waals surface area contributed by atoms with E-state index in [1.54, 1.807) is 6.20 Å². The van der Waals surface area contributed by atoms with Gasteiger partial charge in [-0.3, -0.25) is 19.2 Å². The highest BCUT2D eigenvalue weighted by Crippen LogP contribution is 2.21. The van der Waals surface area contributed by atoms with Crippen molar-refractivity contribution in [2.24, 2.45) is 0 Å². The van der Waals surface area contributed by atoms with Gasteiger partial charge >= 0.3 is 0 Å². The summed E-state index contributed by atoms with van der Waals surface area (Å²) < 4.78 is 0. The first-order chi connectivity index (χ1) is 17.6. The van der Waals surface area contributed by atoms with Crippen LogP contribution in [-0.4, -0.2) is 46.8 Å². The van der Waals surface area contributed by atoms with E-state index >= 15 is 0 Å². The van der Waals surface area contributed by atoms with Crippen molar-refractivity contribution in [1.29, 1.82) is 5.41 Å². The molecule has 0 bridgehead atoms. The van der Waals surface area contributed by atoms with Gasteiger partial charge in [0.15, 0.2) is 5.78 Å². The standard InChI is InChI=1S/C28H33N5O4/c1-18(34)31-25(15-19-17-30-23-12-8-7-11-22(19)23)26(36)32-24(14-13-21(35)16-29)27(37)33-28(2,3)20-9-5-4-6-10-20/h4-12,16-17,24-25,29-30H,13-15H2,1-3H3,(H,31,34)(H,32,36)(H,33,37)/t24-,25-/m0/s1. The number of benzene rings is 2. The maximum absolute atomic E-state index is 13.4. The lowest BCUT2D eigenvalue weighted by Crippen LogP contribution is -2.56. The molecule has 9 heteroatoms. The Balaban J connectivity index is 1.81. The second-order valence-corrected chi connectivity index (χ2v) is 9.51. The number of rotatable bonds is 12. The molecule has 0 radical (unpaired) electrons. The van der Waals surface area contributed by atoms with Gasteiger partial charge in [0.25, 0.3) is 0 Å². The zero-order valence-corrected chi connectivity index (χ0v) is 21.3.